The molecular formula is C16H12Cl2. The monoisotopic (exact) mass is 274 g/mol. The summed E-state index contributed by atoms with van der Waals surface area (Å²) < 4.78 is 0. The Labute approximate surface area is 117 Å². The van der Waals surface area contributed by atoms with Crippen molar-refractivity contribution in [1.29, 1.82) is 0 Å². The Morgan fingerprint density at radius 3 is 2.33 bits per heavy atom. The van der Waals surface area contributed by atoms with E-state index in [9.17, 15) is 0 Å². The van der Waals surface area contributed by atoms with Crippen LogP contribution in [0.2, 0.25) is 10.0 Å². The Morgan fingerprint density at radius 2 is 1.61 bits per heavy atom. The van der Waals surface area contributed by atoms with E-state index < -0.39 is 0 Å². The molecule has 0 aromatic heterocycles. The molecule has 2 aromatic rings. The Balaban J connectivity index is 2.32. The minimum absolute atomic E-state index is 0.714. The minimum Gasteiger partial charge on any atom is -0.0984 e. The fourth-order valence-corrected chi connectivity index (χ4v) is 2.12. The van der Waals surface area contributed by atoms with Crippen molar-refractivity contribution in [2.24, 2.45) is 0 Å². The van der Waals surface area contributed by atoms with Crippen LogP contribution in [-0.4, -0.2) is 0 Å². The summed E-state index contributed by atoms with van der Waals surface area (Å²) >= 11 is 12.2. The van der Waals surface area contributed by atoms with Gasteiger partial charge in [0.1, 0.15) is 0 Å². The van der Waals surface area contributed by atoms with Crippen LogP contribution >= 0.6 is 23.2 Å². The Morgan fingerprint density at radius 1 is 0.889 bits per heavy atom. The molecule has 2 aromatic carbocycles. The molecule has 18 heavy (non-hydrogen) atoms. The van der Waals surface area contributed by atoms with E-state index in [1.165, 1.54) is 0 Å². The SMILES string of the molecule is C=Cc1cccc(/C=C/c2cccc(Cl)c2)c1Cl. The molecule has 0 N–H and O–H groups in total. The van der Waals surface area contributed by atoms with E-state index >= 15 is 0 Å². The fourth-order valence-electron chi connectivity index (χ4n) is 1.65. The van der Waals surface area contributed by atoms with Crippen molar-refractivity contribution in [2.75, 3.05) is 0 Å². The summed E-state index contributed by atoms with van der Waals surface area (Å²) in [7, 11) is 0. The van der Waals surface area contributed by atoms with Crippen LogP contribution < -0.4 is 0 Å². The van der Waals surface area contributed by atoms with Gasteiger partial charge in [-0.2, -0.15) is 0 Å². The summed E-state index contributed by atoms with van der Waals surface area (Å²) in [6.45, 7) is 3.74. The number of halogens is 2. The van der Waals surface area contributed by atoms with Crippen molar-refractivity contribution < 1.29 is 0 Å². The maximum absolute atomic E-state index is 6.26. The van der Waals surface area contributed by atoms with Gasteiger partial charge in [-0.1, -0.05) is 78.3 Å². The Bertz CT molecular complexity index is 598. The van der Waals surface area contributed by atoms with Crippen LogP contribution in [-0.2, 0) is 0 Å². The summed E-state index contributed by atoms with van der Waals surface area (Å²) in [5, 5.41) is 1.44. The predicted molar refractivity (Wildman–Crippen MR) is 81.9 cm³/mol. The van der Waals surface area contributed by atoms with E-state index in [2.05, 4.69) is 6.58 Å². The van der Waals surface area contributed by atoms with Crippen LogP contribution in [0.3, 0.4) is 0 Å². The second-order valence-corrected chi connectivity index (χ2v) is 4.66. The standard InChI is InChI=1S/C16H12Cl2/c1-2-13-6-4-7-14(16(13)18)10-9-12-5-3-8-15(17)11-12/h2-11H,1H2/b10-9+. The summed E-state index contributed by atoms with van der Waals surface area (Å²) in [4.78, 5) is 0. The first-order valence-electron chi connectivity index (χ1n) is 5.55. The van der Waals surface area contributed by atoms with Gasteiger partial charge in [-0.3, -0.25) is 0 Å². The van der Waals surface area contributed by atoms with Crippen molar-refractivity contribution in [2.45, 2.75) is 0 Å². The fraction of sp³-hybridized carbons (Fsp3) is 0. The first kappa shape index (κ1) is 12.9. The average Bonchev–Trinajstić information content (AvgIpc) is 2.38. The van der Waals surface area contributed by atoms with Crippen LogP contribution in [0.15, 0.2) is 49.0 Å². The molecular weight excluding hydrogens is 263 g/mol. The van der Waals surface area contributed by atoms with E-state index in [1.54, 1.807) is 6.08 Å². The first-order valence-corrected chi connectivity index (χ1v) is 6.31. The van der Waals surface area contributed by atoms with Gasteiger partial charge in [-0.05, 0) is 28.8 Å². The smallest absolute Gasteiger partial charge is 0.0550 e. The second kappa shape index (κ2) is 5.90. The molecule has 0 saturated heterocycles. The number of hydrogen-bond donors (Lipinski definition) is 0. The lowest BCUT2D eigenvalue weighted by atomic mass is 10.1. The normalized spacial score (nSPS) is 10.8. The molecule has 0 amide bonds. The van der Waals surface area contributed by atoms with Crippen molar-refractivity contribution in [3.63, 3.8) is 0 Å². The Kier molecular flexibility index (Phi) is 4.24. The Hall–Kier alpha value is -1.50. The topological polar surface area (TPSA) is 0 Å². The number of benzene rings is 2. The third-order valence-electron chi connectivity index (χ3n) is 2.58. The molecule has 0 spiro atoms. The third kappa shape index (κ3) is 3.04. The summed E-state index contributed by atoms with van der Waals surface area (Å²) in [6.07, 6.45) is 5.71. The highest BCUT2D eigenvalue weighted by Gasteiger charge is 2.00. The second-order valence-electron chi connectivity index (χ2n) is 3.84. The highest BCUT2D eigenvalue weighted by molar-refractivity contribution is 6.33. The van der Waals surface area contributed by atoms with E-state index in [4.69, 9.17) is 23.2 Å². The minimum atomic E-state index is 0.714. The molecule has 0 saturated carbocycles. The van der Waals surface area contributed by atoms with Gasteiger partial charge in [-0.15, -0.1) is 0 Å². The molecule has 0 aliphatic rings. The van der Waals surface area contributed by atoms with Crippen molar-refractivity contribution in [1.82, 2.24) is 0 Å². The van der Waals surface area contributed by atoms with Crippen molar-refractivity contribution in [3.8, 4) is 0 Å². The van der Waals surface area contributed by atoms with Crippen LogP contribution in [0.25, 0.3) is 18.2 Å². The van der Waals surface area contributed by atoms with Crippen LogP contribution in [0.1, 0.15) is 16.7 Å². The molecule has 0 nitrogen and oxygen atoms in total. The molecule has 0 radical (unpaired) electrons. The van der Waals surface area contributed by atoms with Gasteiger partial charge in [0.15, 0.2) is 0 Å². The van der Waals surface area contributed by atoms with Gasteiger partial charge < -0.3 is 0 Å². The zero-order chi connectivity index (χ0) is 13.0. The highest BCUT2D eigenvalue weighted by Crippen LogP contribution is 2.24. The van der Waals surface area contributed by atoms with Gasteiger partial charge in [0, 0.05) is 5.02 Å². The van der Waals surface area contributed by atoms with Crippen LogP contribution in [0, 0.1) is 0 Å². The summed E-state index contributed by atoms with van der Waals surface area (Å²) in [6, 6.07) is 13.5. The van der Waals surface area contributed by atoms with Crippen LogP contribution in [0.4, 0.5) is 0 Å². The van der Waals surface area contributed by atoms with Crippen molar-refractivity contribution in [3.05, 3.63) is 75.8 Å². The lowest BCUT2D eigenvalue weighted by Crippen LogP contribution is -1.80. The number of hydrogen-bond acceptors (Lipinski definition) is 0. The summed E-state index contributed by atoms with van der Waals surface area (Å²) in [5.41, 5.74) is 2.95. The maximum Gasteiger partial charge on any atom is 0.0550 e. The zero-order valence-electron chi connectivity index (χ0n) is 9.74. The van der Waals surface area contributed by atoms with Gasteiger partial charge in [0.05, 0.1) is 5.02 Å². The molecule has 0 unspecified atom stereocenters. The molecule has 2 heteroatoms. The van der Waals surface area contributed by atoms with Gasteiger partial charge in [-0.25, -0.2) is 0 Å². The molecule has 0 atom stereocenters. The predicted octanol–water partition coefficient (Wildman–Crippen LogP) is 5.81. The largest absolute Gasteiger partial charge is 0.0984 e. The van der Waals surface area contributed by atoms with E-state index in [0.717, 1.165) is 21.7 Å². The summed E-state index contributed by atoms with van der Waals surface area (Å²) in [5.74, 6) is 0. The zero-order valence-corrected chi connectivity index (χ0v) is 11.2. The molecule has 90 valence electrons. The molecule has 0 aliphatic heterocycles. The quantitative estimate of drug-likeness (QED) is 0.620. The van der Waals surface area contributed by atoms with Gasteiger partial charge in [0.2, 0.25) is 0 Å². The van der Waals surface area contributed by atoms with E-state index in [1.807, 2.05) is 54.6 Å². The molecule has 0 fully saturated rings. The lowest BCUT2D eigenvalue weighted by Gasteiger charge is -2.02. The first-order chi connectivity index (χ1) is 8.70. The van der Waals surface area contributed by atoms with Gasteiger partial charge in [0.25, 0.3) is 0 Å². The lowest BCUT2D eigenvalue weighted by molar-refractivity contribution is 1.61. The van der Waals surface area contributed by atoms with Crippen molar-refractivity contribution >= 4 is 41.4 Å². The van der Waals surface area contributed by atoms with Crippen LogP contribution in [0.5, 0.6) is 0 Å². The van der Waals surface area contributed by atoms with Gasteiger partial charge >= 0.3 is 0 Å². The average molecular weight is 275 g/mol. The van der Waals surface area contributed by atoms with E-state index in [-0.39, 0.29) is 0 Å². The molecule has 2 rings (SSSR count). The molecule has 0 bridgehead atoms. The third-order valence-corrected chi connectivity index (χ3v) is 3.25. The highest BCUT2D eigenvalue weighted by atomic mass is 35.5. The van der Waals surface area contributed by atoms with E-state index in [0.29, 0.717) is 5.02 Å². The number of rotatable bonds is 3. The molecule has 0 aliphatic carbocycles. The maximum atomic E-state index is 6.26. The molecule has 0 heterocycles.